The number of nitrogens with zero attached hydrogens (tertiary/aromatic N) is 1. The summed E-state index contributed by atoms with van der Waals surface area (Å²) in [5.41, 5.74) is 1.42. The predicted molar refractivity (Wildman–Crippen MR) is 114 cm³/mol. The van der Waals surface area contributed by atoms with Gasteiger partial charge in [0.1, 0.15) is 12.4 Å². The van der Waals surface area contributed by atoms with Gasteiger partial charge in [0.25, 0.3) is 5.91 Å². The van der Waals surface area contributed by atoms with Crippen LogP contribution in [-0.4, -0.2) is 55.9 Å². The van der Waals surface area contributed by atoms with E-state index in [9.17, 15) is 14.4 Å². The van der Waals surface area contributed by atoms with Crippen LogP contribution in [0.3, 0.4) is 0 Å². The molecule has 158 valence electrons. The summed E-state index contributed by atoms with van der Waals surface area (Å²) in [6, 6.07) is 14.3. The molecule has 8 heteroatoms. The molecule has 0 heterocycles. The molecule has 0 aromatic heterocycles. The van der Waals surface area contributed by atoms with Crippen LogP contribution in [0.5, 0.6) is 5.75 Å². The van der Waals surface area contributed by atoms with Crippen molar-refractivity contribution < 1.29 is 28.6 Å². The standard InChI is InChI=1S/C22H23NO6S/c1-23(2)20(24)16-11-10-15(29-13-14-8-6-5-7-9-14)12-17(16)19(30)18(21(25)27-3)22(26)28-4/h5-12,18H,13H2,1-4H3. The molecule has 0 aliphatic carbocycles. The van der Waals surface area contributed by atoms with E-state index in [2.05, 4.69) is 0 Å². The van der Waals surface area contributed by atoms with Gasteiger partial charge in [-0.05, 0) is 23.8 Å². The van der Waals surface area contributed by atoms with Crippen molar-refractivity contribution in [3.8, 4) is 5.75 Å². The lowest BCUT2D eigenvalue weighted by Gasteiger charge is -2.19. The fourth-order valence-electron chi connectivity index (χ4n) is 2.69. The summed E-state index contributed by atoms with van der Waals surface area (Å²) < 4.78 is 15.2. The summed E-state index contributed by atoms with van der Waals surface area (Å²) in [6.07, 6.45) is 0. The Morgan fingerprint density at radius 3 is 2.07 bits per heavy atom. The molecule has 30 heavy (non-hydrogen) atoms. The van der Waals surface area contributed by atoms with Gasteiger partial charge in [0.15, 0.2) is 5.92 Å². The number of methoxy groups -OCH3 is 2. The van der Waals surface area contributed by atoms with Crippen LogP contribution >= 0.6 is 12.2 Å². The fourth-order valence-corrected chi connectivity index (χ4v) is 3.05. The van der Waals surface area contributed by atoms with Crippen molar-refractivity contribution in [3.05, 3.63) is 65.2 Å². The molecule has 2 aromatic rings. The molecule has 0 saturated heterocycles. The first kappa shape index (κ1) is 23.0. The predicted octanol–water partition coefficient (Wildman–Crippen LogP) is 2.65. The van der Waals surface area contributed by atoms with Crippen LogP contribution in [0.15, 0.2) is 48.5 Å². The number of carbonyl (C=O) groups is 3. The third-order valence-electron chi connectivity index (χ3n) is 4.28. The fraction of sp³-hybridized carbons (Fsp3) is 0.273. The summed E-state index contributed by atoms with van der Waals surface area (Å²) in [4.78, 5) is 38.3. The summed E-state index contributed by atoms with van der Waals surface area (Å²) >= 11 is 5.43. The van der Waals surface area contributed by atoms with E-state index in [0.717, 1.165) is 19.8 Å². The largest absolute Gasteiger partial charge is 0.489 e. The van der Waals surface area contributed by atoms with Gasteiger partial charge in [-0.2, -0.15) is 0 Å². The SMILES string of the molecule is COC(=O)C(C(=O)OC)C(=S)c1cc(OCc2ccccc2)ccc1C(=O)N(C)C. The Balaban J connectivity index is 2.46. The zero-order valence-electron chi connectivity index (χ0n) is 17.2. The lowest BCUT2D eigenvalue weighted by molar-refractivity contribution is -0.154. The van der Waals surface area contributed by atoms with Crippen molar-refractivity contribution in [3.63, 3.8) is 0 Å². The van der Waals surface area contributed by atoms with Crippen molar-refractivity contribution in [2.24, 2.45) is 5.92 Å². The molecule has 0 radical (unpaired) electrons. The highest BCUT2D eigenvalue weighted by Crippen LogP contribution is 2.25. The van der Waals surface area contributed by atoms with E-state index in [-0.39, 0.29) is 21.9 Å². The highest BCUT2D eigenvalue weighted by molar-refractivity contribution is 7.81. The Labute approximate surface area is 180 Å². The molecule has 0 unspecified atom stereocenters. The minimum absolute atomic E-state index is 0.0796. The van der Waals surface area contributed by atoms with Crippen LogP contribution in [-0.2, 0) is 25.7 Å². The maximum atomic E-state index is 12.7. The second-order valence-corrected chi connectivity index (χ2v) is 6.96. The van der Waals surface area contributed by atoms with Crippen molar-refractivity contribution in [2.45, 2.75) is 6.61 Å². The van der Waals surface area contributed by atoms with Crippen molar-refractivity contribution in [1.82, 2.24) is 4.90 Å². The number of hydrogen-bond donors (Lipinski definition) is 0. The first-order chi connectivity index (χ1) is 14.3. The third kappa shape index (κ3) is 5.42. The number of thiocarbonyl (C=S) groups is 1. The molecule has 0 saturated carbocycles. The minimum atomic E-state index is -1.48. The number of hydrogen-bond acceptors (Lipinski definition) is 7. The van der Waals surface area contributed by atoms with Crippen LogP contribution in [0.4, 0.5) is 0 Å². The summed E-state index contributed by atoms with van der Waals surface area (Å²) in [7, 11) is 5.47. The Morgan fingerprint density at radius 2 is 1.53 bits per heavy atom. The lowest BCUT2D eigenvalue weighted by Crippen LogP contribution is -2.35. The van der Waals surface area contributed by atoms with E-state index in [0.29, 0.717) is 12.4 Å². The highest BCUT2D eigenvalue weighted by Gasteiger charge is 2.35. The van der Waals surface area contributed by atoms with E-state index < -0.39 is 17.9 Å². The van der Waals surface area contributed by atoms with Crippen LogP contribution in [0, 0.1) is 5.92 Å². The first-order valence-electron chi connectivity index (χ1n) is 9.02. The number of amides is 1. The van der Waals surface area contributed by atoms with E-state index in [4.69, 9.17) is 26.4 Å². The monoisotopic (exact) mass is 429 g/mol. The summed E-state index contributed by atoms with van der Waals surface area (Å²) in [5.74, 6) is -3.13. The number of ether oxygens (including phenoxy) is 3. The van der Waals surface area contributed by atoms with Crippen molar-refractivity contribution >= 4 is 34.9 Å². The highest BCUT2D eigenvalue weighted by atomic mass is 32.1. The maximum absolute atomic E-state index is 12.7. The maximum Gasteiger partial charge on any atom is 0.325 e. The average Bonchev–Trinajstić information content (AvgIpc) is 2.77. The Morgan fingerprint density at radius 1 is 0.933 bits per heavy atom. The van der Waals surface area contributed by atoms with E-state index in [1.54, 1.807) is 32.3 Å². The molecular weight excluding hydrogens is 406 g/mol. The van der Waals surface area contributed by atoms with Crippen LogP contribution in [0.2, 0.25) is 0 Å². The summed E-state index contributed by atoms with van der Waals surface area (Å²) in [5, 5.41) is 0. The first-order valence-corrected chi connectivity index (χ1v) is 9.43. The molecular formula is C22H23NO6S. The molecule has 7 nitrogen and oxygen atoms in total. The molecule has 0 atom stereocenters. The molecule has 0 spiro atoms. The van der Waals surface area contributed by atoms with E-state index >= 15 is 0 Å². The van der Waals surface area contributed by atoms with Gasteiger partial charge in [0.05, 0.1) is 14.2 Å². The topological polar surface area (TPSA) is 82.1 Å². The number of carbonyl (C=O) groups excluding carboxylic acids is 3. The zero-order chi connectivity index (χ0) is 22.3. The normalized spacial score (nSPS) is 10.3. The van der Waals surface area contributed by atoms with Gasteiger partial charge in [-0.25, -0.2) is 0 Å². The number of esters is 2. The van der Waals surface area contributed by atoms with E-state index in [1.807, 2.05) is 30.3 Å². The lowest BCUT2D eigenvalue weighted by atomic mass is 9.94. The van der Waals surface area contributed by atoms with Gasteiger partial charge < -0.3 is 19.1 Å². The van der Waals surface area contributed by atoms with E-state index in [1.165, 1.54) is 4.90 Å². The Kier molecular flexibility index (Phi) is 8.06. The molecule has 2 rings (SSSR count). The Bertz CT molecular complexity index is 926. The molecule has 1 amide bonds. The quantitative estimate of drug-likeness (QED) is 0.276. The molecule has 0 fully saturated rings. The van der Waals surface area contributed by atoms with Gasteiger partial charge in [-0.15, -0.1) is 0 Å². The average molecular weight is 429 g/mol. The smallest absolute Gasteiger partial charge is 0.325 e. The number of rotatable bonds is 8. The van der Waals surface area contributed by atoms with Crippen LogP contribution < -0.4 is 4.74 Å². The van der Waals surface area contributed by atoms with Crippen LogP contribution in [0.1, 0.15) is 21.5 Å². The van der Waals surface area contributed by atoms with Gasteiger partial charge in [-0.3, -0.25) is 14.4 Å². The van der Waals surface area contributed by atoms with Crippen molar-refractivity contribution in [1.29, 1.82) is 0 Å². The second kappa shape index (κ2) is 10.5. The molecule has 0 aliphatic rings. The minimum Gasteiger partial charge on any atom is -0.489 e. The third-order valence-corrected chi connectivity index (χ3v) is 4.73. The van der Waals surface area contributed by atoms with Crippen molar-refractivity contribution in [2.75, 3.05) is 28.3 Å². The van der Waals surface area contributed by atoms with Crippen LogP contribution in [0.25, 0.3) is 0 Å². The summed E-state index contributed by atoms with van der Waals surface area (Å²) in [6.45, 7) is 0.297. The molecule has 2 aromatic carbocycles. The number of benzene rings is 2. The van der Waals surface area contributed by atoms with Gasteiger partial charge in [0, 0.05) is 30.1 Å². The molecule has 0 N–H and O–H groups in total. The molecule has 0 bridgehead atoms. The second-order valence-electron chi connectivity index (χ2n) is 6.52. The van der Waals surface area contributed by atoms with Gasteiger partial charge in [0.2, 0.25) is 0 Å². The Hall–Kier alpha value is -3.26. The van der Waals surface area contributed by atoms with Gasteiger partial charge >= 0.3 is 11.9 Å². The molecule has 0 aliphatic heterocycles. The van der Waals surface area contributed by atoms with Gasteiger partial charge in [-0.1, -0.05) is 42.5 Å². The zero-order valence-corrected chi connectivity index (χ0v) is 18.0.